The standard InChI is InChI=1S/C16H38Si2/c1-13(2,3)17(14(4,5)6)18(15(7,8)9)16(10,11)12/h17-18H,1-12H3. The van der Waals surface area contributed by atoms with Gasteiger partial charge in [0.05, 0.1) is 0 Å². The van der Waals surface area contributed by atoms with Crippen LogP contribution in [-0.4, -0.2) is 16.6 Å². The maximum absolute atomic E-state index is 2.51. The molecule has 0 N–H and O–H groups in total. The summed E-state index contributed by atoms with van der Waals surface area (Å²) in [6, 6.07) is 0. The molecule has 0 atom stereocenters. The van der Waals surface area contributed by atoms with Crippen LogP contribution in [0, 0.1) is 0 Å². The van der Waals surface area contributed by atoms with Gasteiger partial charge in [-0.2, -0.15) is 0 Å². The molecule has 0 saturated heterocycles. The predicted molar refractivity (Wildman–Crippen MR) is 93.2 cm³/mol. The molecule has 0 fully saturated rings. The normalized spacial score (nSPS) is 15.7. The second-order valence-corrected chi connectivity index (χ2v) is 23.3. The molecule has 0 aliphatic carbocycles. The van der Waals surface area contributed by atoms with Crippen LogP contribution in [0.25, 0.3) is 0 Å². The fraction of sp³-hybridized carbons (Fsp3) is 1.00. The van der Waals surface area contributed by atoms with Gasteiger partial charge in [0.25, 0.3) is 0 Å². The van der Waals surface area contributed by atoms with Crippen LogP contribution in [0.3, 0.4) is 0 Å². The van der Waals surface area contributed by atoms with E-state index in [0.29, 0.717) is 20.2 Å². The maximum atomic E-state index is 2.51. The van der Waals surface area contributed by atoms with E-state index >= 15 is 0 Å². The molecule has 0 aliphatic heterocycles. The lowest BCUT2D eigenvalue weighted by atomic mass is 10.2. The van der Waals surface area contributed by atoms with Crippen LogP contribution in [-0.2, 0) is 0 Å². The van der Waals surface area contributed by atoms with Crippen LogP contribution >= 0.6 is 0 Å². The van der Waals surface area contributed by atoms with E-state index < -0.39 is 16.6 Å². The van der Waals surface area contributed by atoms with Gasteiger partial charge in [0.2, 0.25) is 0 Å². The zero-order valence-electron chi connectivity index (χ0n) is 15.2. The largest absolute Gasteiger partial charge is 0.0631 e. The van der Waals surface area contributed by atoms with E-state index in [1.54, 1.807) is 0 Å². The summed E-state index contributed by atoms with van der Waals surface area (Å²) in [5, 5.41) is 2.15. The number of hydrogen-bond acceptors (Lipinski definition) is 0. The predicted octanol–water partition coefficient (Wildman–Crippen LogP) is 5.72. The van der Waals surface area contributed by atoms with Crippen molar-refractivity contribution in [1.29, 1.82) is 0 Å². The SMILES string of the molecule is CC(C)(C)[SiH]([SiH](C(C)(C)C)C(C)(C)C)C(C)(C)C. The molecule has 0 bridgehead atoms. The molecular formula is C16H38Si2. The molecule has 0 radical (unpaired) electrons. The van der Waals surface area contributed by atoms with Crippen molar-refractivity contribution in [3.63, 3.8) is 0 Å². The first-order valence-electron chi connectivity index (χ1n) is 7.49. The van der Waals surface area contributed by atoms with Crippen LogP contribution in [0.5, 0.6) is 0 Å². The Morgan fingerprint density at radius 1 is 0.333 bits per heavy atom. The van der Waals surface area contributed by atoms with Crippen molar-refractivity contribution in [3.8, 4) is 0 Å². The van der Waals surface area contributed by atoms with Crippen molar-refractivity contribution in [1.82, 2.24) is 0 Å². The van der Waals surface area contributed by atoms with E-state index in [4.69, 9.17) is 0 Å². The molecule has 0 aromatic rings. The van der Waals surface area contributed by atoms with E-state index in [1.807, 2.05) is 0 Å². The number of hydrogen-bond donors (Lipinski definition) is 0. The minimum absolute atomic E-state index is 0.537. The Balaban J connectivity index is 5.84. The zero-order chi connectivity index (χ0) is 15.2. The Morgan fingerprint density at radius 3 is 0.500 bits per heavy atom. The number of rotatable bonds is 1. The van der Waals surface area contributed by atoms with E-state index in [9.17, 15) is 0 Å². The summed E-state index contributed by atoms with van der Waals surface area (Å²) in [5.74, 6) is 0. The molecule has 0 aromatic heterocycles. The van der Waals surface area contributed by atoms with Gasteiger partial charge in [0.1, 0.15) is 0 Å². The van der Waals surface area contributed by atoms with Crippen molar-refractivity contribution in [2.75, 3.05) is 0 Å². The van der Waals surface area contributed by atoms with Crippen molar-refractivity contribution in [2.24, 2.45) is 0 Å². The first-order valence-corrected chi connectivity index (χ1v) is 12.5. The highest BCUT2D eigenvalue weighted by Gasteiger charge is 2.51. The minimum atomic E-state index is -0.836. The zero-order valence-corrected chi connectivity index (χ0v) is 17.5. The van der Waals surface area contributed by atoms with Crippen LogP contribution < -0.4 is 0 Å². The summed E-state index contributed by atoms with van der Waals surface area (Å²) in [6.45, 7) is 30.1. The van der Waals surface area contributed by atoms with E-state index in [-0.39, 0.29) is 0 Å². The molecule has 0 unspecified atom stereocenters. The highest BCUT2D eigenvalue weighted by Crippen LogP contribution is 2.54. The Morgan fingerprint density at radius 2 is 0.444 bits per heavy atom. The summed E-state index contributed by atoms with van der Waals surface area (Å²) < 4.78 is 0. The monoisotopic (exact) mass is 286 g/mol. The Hall–Kier alpha value is 0.434. The summed E-state index contributed by atoms with van der Waals surface area (Å²) in [6.07, 6.45) is 0. The second-order valence-electron chi connectivity index (χ2n) is 10.4. The highest BCUT2D eigenvalue weighted by atomic mass is 29.2. The molecule has 0 amide bonds. The third kappa shape index (κ3) is 4.84. The molecule has 0 nitrogen and oxygen atoms in total. The average molecular weight is 287 g/mol. The lowest BCUT2D eigenvalue weighted by Gasteiger charge is -2.53. The molecule has 0 saturated carbocycles. The van der Waals surface area contributed by atoms with Crippen LogP contribution in [0.4, 0.5) is 0 Å². The van der Waals surface area contributed by atoms with E-state index in [2.05, 4.69) is 83.1 Å². The minimum Gasteiger partial charge on any atom is -0.0631 e. The molecule has 2 heteroatoms. The van der Waals surface area contributed by atoms with Gasteiger partial charge in [-0.25, -0.2) is 0 Å². The summed E-state index contributed by atoms with van der Waals surface area (Å²) >= 11 is 0. The van der Waals surface area contributed by atoms with Crippen molar-refractivity contribution in [3.05, 3.63) is 0 Å². The quantitative estimate of drug-likeness (QED) is 0.541. The van der Waals surface area contributed by atoms with Crippen LogP contribution in [0.2, 0.25) is 20.2 Å². The molecule has 0 aromatic carbocycles. The summed E-state index contributed by atoms with van der Waals surface area (Å²) in [7, 11) is -1.67. The fourth-order valence-corrected chi connectivity index (χ4v) is 25.8. The van der Waals surface area contributed by atoms with Gasteiger partial charge in [-0.3, -0.25) is 0 Å². The van der Waals surface area contributed by atoms with Gasteiger partial charge in [-0.15, -0.1) is 0 Å². The molecule has 0 heterocycles. The summed E-state index contributed by atoms with van der Waals surface area (Å²) in [5.41, 5.74) is 0. The van der Waals surface area contributed by atoms with Gasteiger partial charge >= 0.3 is 0 Å². The Bertz CT molecular complexity index is 207. The second kappa shape index (κ2) is 5.08. The molecule has 110 valence electrons. The van der Waals surface area contributed by atoms with Gasteiger partial charge in [0.15, 0.2) is 0 Å². The molecule has 18 heavy (non-hydrogen) atoms. The van der Waals surface area contributed by atoms with Gasteiger partial charge in [-0.1, -0.05) is 83.1 Å². The highest BCUT2D eigenvalue weighted by molar-refractivity contribution is 7.26. The summed E-state index contributed by atoms with van der Waals surface area (Å²) in [4.78, 5) is 0. The third-order valence-corrected chi connectivity index (χ3v) is 26.2. The fourth-order valence-electron chi connectivity index (χ4n) is 4.60. The Labute approximate surface area is 120 Å². The van der Waals surface area contributed by atoms with Crippen molar-refractivity contribution >= 4 is 16.6 Å². The molecule has 0 spiro atoms. The van der Waals surface area contributed by atoms with Gasteiger partial charge < -0.3 is 0 Å². The van der Waals surface area contributed by atoms with Gasteiger partial charge in [-0.05, 0) is 20.2 Å². The molecule has 0 rings (SSSR count). The third-order valence-electron chi connectivity index (χ3n) is 4.07. The lowest BCUT2D eigenvalue weighted by molar-refractivity contribution is 0.619. The van der Waals surface area contributed by atoms with Crippen LogP contribution in [0.1, 0.15) is 83.1 Å². The first-order chi connectivity index (χ1) is 7.49. The Kier molecular flexibility index (Phi) is 5.21. The molecular weight excluding hydrogens is 248 g/mol. The average Bonchev–Trinajstić information content (AvgIpc) is 1.89. The smallest absolute Gasteiger partial charge is 0.0407 e. The lowest BCUT2D eigenvalue weighted by Crippen LogP contribution is -2.57. The topological polar surface area (TPSA) is 0 Å². The van der Waals surface area contributed by atoms with Crippen molar-refractivity contribution < 1.29 is 0 Å². The maximum Gasteiger partial charge on any atom is 0.0407 e. The first kappa shape index (κ1) is 18.4. The molecule has 0 aliphatic rings. The van der Waals surface area contributed by atoms with Gasteiger partial charge in [0, 0.05) is 16.6 Å². The van der Waals surface area contributed by atoms with Crippen molar-refractivity contribution in [2.45, 2.75) is 103 Å². The van der Waals surface area contributed by atoms with Crippen LogP contribution in [0.15, 0.2) is 0 Å². The van der Waals surface area contributed by atoms with E-state index in [0.717, 1.165) is 0 Å². The van der Waals surface area contributed by atoms with E-state index in [1.165, 1.54) is 0 Å².